The highest BCUT2D eigenvalue weighted by molar-refractivity contribution is 9.10. The minimum atomic E-state index is 0.144. The van der Waals surface area contributed by atoms with Gasteiger partial charge in [-0.05, 0) is 24.6 Å². The molecule has 2 aromatic carbocycles. The Morgan fingerprint density at radius 3 is 2.03 bits per heavy atom. The zero-order chi connectivity index (χ0) is 21.1. The van der Waals surface area contributed by atoms with Gasteiger partial charge in [0.05, 0.1) is 32.6 Å². The van der Waals surface area contributed by atoms with Crippen LogP contribution in [0.2, 0.25) is 0 Å². The number of nitrogens with zero attached hydrogens (tertiary/aromatic N) is 2. The Hall–Kier alpha value is -3.24. The lowest BCUT2D eigenvalue weighted by Gasteiger charge is -2.20. The number of pyridine rings is 1. The Bertz CT molecular complexity index is 1080. The average Bonchev–Trinajstić information content (AvgIpc) is 2.74. The van der Waals surface area contributed by atoms with E-state index in [4.69, 9.17) is 19.9 Å². The van der Waals surface area contributed by atoms with Gasteiger partial charge in [-0.3, -0.25) is 0 Å². The van der Waals surface area contributed by atoms with Gasteiger partial charge in [-0.2, -0.15) is 5.26 Å². The topological polar surface area (TPSA) is 90.4 Å². The van der Waals surface area contributed by atoms with Crippen LogP contribution in [0, 0.1) is 18.3 Å². The summed E-state index contributed by atoms with van der Waals surface area (Å²) in [5, 5.41) is 9.83. The van der Waals surface area contributed by atoms with Crippen LogP contribution in [0.15, 0.2) is 40.9 Å². The number of hydrogen-bond acceptors (Lipinski definition) is 6. The third-order valence-corrected chi connectivity index (χ3v) is 5.19. The molecule has 148 valence electrons. The Kier molecular flexibility index (Phi) is 5.95. The monoisotopic (exact) mass is 453 g/mol. The van der Waals surface area contributed by atoms with E-state index in [1.165, 1.54) is 0 Å². The Morgan fingerprint density at radius 1 is 0.966 bits per heavy atom. The summed E-state index contributed by atoms with van der Waals surface area (Å²) in [6, 6.07) is 13.4. The quantitative estimate of drug-likeness (QED) is 0.586. The van der Waals surface area contributed by atoms with Crippen molar-refractivity contribution in [1.29, 1.82) is 5.26 Å². The second-order valence-electron chi connectivity index (χ2n) is 6.25. The summed E-state index contributed by atoms with van der Waals surface area (Å²) in [6.45, 7) is 1.91. The van der Waals surface area contributed by atoms with E-state index in [9.17, 15) is 5.26 Å². The smallest absolute Gasteiger partial charge is 0.142 e. The van der Waals surface area contributed by atoms with E-state index in [1.54, 1.807) is 33.5 Å². The van der Waals surface area contributed by atoms with Gasteiger partial charge < -0.3 is 19.9 Å². The van der Waals surface area contributed by atoms with Gasteiger partial charge in [0.2, 0.25) is 0 Å². The standard InChI is InChI=1S/C22H20BrN3O3/c1-12-19(20-17(28-3)9-15(27-2)10-18(20)29-4)16(11-24)22(25)26-21(12)13-5-7-14(23)8-6-13/h5-10H,1-4H3,(H2,25,26). The Morgan fingerprint density at radius 2 is 1.55 bits per heavy atom. The van der Waals surface area contributed by atoms with Crippen molar-refractivity contribution in [2.24, 2.45) is 0 Å². The number of benzene rings is 2. The van der Waals surface area contributed by atoms with Gasteiger partial charge in [0.25, 0.3) is 0 Å². The van der Waals surface area contributed by atoms with Crippen molar-refractivity contribution in [1.82, 2.24) is 4.98 Å². The molecule has 0 amide bonds. The second-order valence-corrected chi connectivity index (χ2v) is 7.16. The zero-order valence-corrected chi connectivity index (χ0v) is 18.1. The van der Waals surface area contributed by atoms with Crippen LogP contribution in [0.1, 0.15) is 11.1 Å². The molecule has 0 atom stereocenters. The molecule has 1 aromatic heterocycles. The number of hydrogen-bond donors (Lipinski definition) is 1. The molecule has 29 heavy (non-hydrogen) atoms. The molecular formula is C22H20BrN3O3. The van der Waals surface area contributed by atoms with E-state index in [2.05, 4.69) is 27.0 Å². The van der Waals surface area contributed by atoms with Crippen molar-refractivity contribution >= 4 is 21.7 Å². The van der Waals surface area contributed by atoms with Crippen LogP contribution in [0.25, 0.3) is 22.4 Å². The zero-order valence-electron chi connectivity index (χ0n) is 16.5. The third-order valence-electron chi connectivity index (χ3n) is 4.66. The van der Waals surface area contributed by atoms with Gasteiger partial charge in [-0.1, -0.05) is 28.1 Å². The van der Waals surface area contributed by atoms with Gasteiger partial charge in [-0.15, -0.1) is 0 Å². The number of rotatable bonds is 5. The predicted molar refractivity (Wildman–Crippen MR) is 116 cm³/mol. The van der Waals surface area contributed by atoms with Crippen LogP contribution >= 0.6 is 15.9 Å². The van der Waals surface area contributed by atoms with Gasteiger partial charge in [0, 0.05) is 27.7 Å². The van der Waals surface area contributed by atoms with Crippen LogP contribution in [0.4, 0.5) is 5.82 Å². The predicted octanol–water partition coefficient (Wildman–Crippen LogP) is 4.97. The van der Waals surface area contributed by atoms with Crippen molar-refractivity contribution in [2.45, 2.75) is 6.92 Å². The maximum atomic E-state index is 9.83. The van der Waals surface area contributed by atoms with Crippen molar-refractivity contribution in [3.63, 3.8) is 0 Å². The van der Waals surface area contributed by atoms with Gasteiger partial charge >= 0.3 is 0 Å². The van der Waals surface area contributed by atoms with Gasteiger partial charge in [0.15, 0.2) is 0 Å². The average molecular weight is 454 g/mol. The first-order valence-electron chi connectivity index (χ1n) is 8.71. The number of methoxy groups -OCH3 is 3. The van der Waals surface area contributed by atoms with E-state index < -0.39 is 0 Å². The molecule has 0 aliphatic heterocycles. The molecule has 0 aliphatic rings. The second kappa shape index (κ2) is 8.41. The first-order valence-corrected chi connectivity index (χ1v) is 9.50. The minimum Gasteiger partial charge on any atom is -0.496 e. The lowest BCUT2D eigenvalue weighted by molar-refractivity contribution is 0.377. The molecule has 0 aliphatic carbocycles. The third kappa shape index (κ3) is 3.71. The molecule has 0 saturated carbocycles. The van der Waals surface area contributed by atoms with E-state index in [-0.39, 0.29) is 11.4 Å². The Balaban J connectivity index is 2.41. The van der Waals surface area contributed by atoms with Crippen molar-refractivity contribution in [3.05, 3.63) is 52.0 Å². The molecule has 0 bridgehead atoms. The lowest BCUT2D eigenvalue weighted by Crippen LogP contribution is -2.05. The van der Waals surface area contributed by atoms with E-state index in [0.29, 0.717) is 34.1 Å². The van der Waals surface area contributed by atoms with Crippen LogP contribution < -0.4 is 19.9 Å². The molecule has 2 N–H and O–H groups in total. The summed E-state index contributed by atoms with van der Waals surface area (Å²) >= 11 is 3.44. The number of nitriles is 1. The molecule has 0 spiro atoms. The molecule has 0 fully saturated rings. The summed E-state index contributed by atoms with van der Waals surface area (Å²) < 4.78 is 17.5. The Labute approximate surface area is 178 Å². The van der Waals surface area contributed by atoms with Crippen molar-refractivity contribution in [2.75, 3.05) is 27.1 Å². The highest BCUT2D eigenvalue weighted by atomic mass is 79.9. The number of ether oxygens (including phenoxy) is 3. The van der Waals surface area contributed by atoms with Crippen LogP contribution in [-0.4, -0.2) is 26.3 Å². The van der Waals surface area contributed by atoms with E-state index in [1.807, 2.05) is 31.2 Å². The molecule has 0 saturated heterocycles. The van der Waals surface area contributed by atoms with E-state index in [0.717, 1.165) is 15.6 Å². The van der Waals surface area contributed by atoms with Gasteiger partial charge in [-0.25, -0.2) is 4.98 Å². The molecular weight excluding hydrogens is 434 g/mol. The fourth-order valence-electron chi connectivity index (χ4n) is 3.26. The fourth-order valence-corrected chi connectivity index (χ4v) is 3.53. The number of nitrogen functional groups attached to an aromatic ring is 1. The molecule has 3 rings (SSSR count). The first-order chi connectivity index (χ1) is 13.9. The summed E-state index contributed by atoms with van der Waals surface area (Å²) in [7, 11) is 4.68. The number of aromatic nitrogens is 1. The molecule has 7 heteroatoms. The van der Waals surface area contributed by atoms with Crippen molar-refractivity contribution < 1.29 is 14.2 Å². The maximum Gasteiger partial charge on any atom is 0.142 e. The minimum absolute atomic E-state index is 0.144. The normalized spacial score (nSPS) is 10.3. The molecule has 0 unspecified atom stereocenters. The molecule has 1 heterocycles. The van der Waals surface area contributed by atoms with E-state index >= 15 is 0 Å². The number of anilines is 1. The summed E-state index contributed by atoms with van der Waals surface area (Å²) in [6.07, 6.45) is 0. The summed E-state index contributed by atoms with van der Waals surface area (Å²) in [5.74, 6) is 1.74. The SMILES string of the molecule is COc1cc(OC)c(-c2c(C)c(-c3ccc(Br)cc3)nc(N)c2C#N)c(OC)c1. The maximum absolute atomic E-state index is 9.83. The molecule has 6 nitrogen and oxygen atoms in total. The first kappa shape index (κ1) is 20.5. The molecule has 0 radical (unpaired) electrons. The van der Waals surface area contributed by atoms with Crippen LogP contribution in [0.5, 0.6) is 17.2 Å². The van der Waals surface area contributed by atoms with Gasteiger partial charge in [0.1, 0.15) is 34.7 Å². The largest absolute Gasteiger partial charge is 0.496 e. The van der Waals surface area contributed by atoms with Crippen LogP contribution in [-0.2, 0) is 0 Å². The molecule has 3 aromatic rings. The number of halogens is 1. The highest BCUT2D eigenvalue weighted by Crippen LogP contribution is 2.46. The highest BCUT2D eigenvalue weighted by Gasteiger charge is 2.24. The van der Waals surface area contributed by atoms with Crippen molar-refractivity contribution in [3.8, 4) is 45.7 Å². The summed E-state index contributed by atoms with van der Waals surface area (Å²) in [5.41, 5.74) is 10.1. The lowest BCUT2D eigenvalue weighted by atomic mass is 9.91. The summed E-state index contributed by atoms with van der Waals surface area (Å²) in [4.78, 5) is 4.51. The van der Waals surface area contributed by atoms with Crippen LogP contribution in [0.3, 0.4) is 0 Å². The number of nitrogens with two attached hydrogens (primary N) is 1. The fraction of sp³-hybridized carbons (Fsp3) is 0.182.